The fourth-order valence-electron chi connectivity index (χ4n) is 3.58. The van der Waals surface area contributed by atoms with Gasteiger partial charge in [-0.2, -0.15) is 0 Å². The van der Waals surface area contributed by atoms with Crippen molar-refractivity contribution in [2.45, 2.75) is 25.7 Å². The molecular formula is C16H16N2O2. The SMILES string of the molecule is Cc1ccc2nc3c(c(C(=O)O)c2c1)N1CCC3CC1. The van der Waals surface area contributed by atoms with Crippen LogP contribution < -0.4 is 4.90 Å². The van der Waals surface area contributed by atoms with Crippen molar-refractivity contribution in [2.75, 3.05) is 18.0 Å². The number of hydrogen-bond donors (Lipinski definition) is 1. The lowest BCUT2D eigenvalue weighted by Gasteiger charge is -2.42. The van der Waals surface area contributed by atoms with Crippen molar-refractivity contribution < 1.29 is 9.90 Å². The number of aromatic carboxylic acids is 1. The van der Waals surface area contributed by atoms with E-state index in [4.69, 9.17) is 4.98 Å². The summed E-state index contributed by atoms with van der Waals surface area (Å²) in [6.45, 7) is 3.89. The number of anilines is 1. The van der Waals surface area contributed by atoms with Crippen LogP contribution in [0, 0.1) is 6.92 Å². The number of carbonyl (C=O) groups is 1. The van der Waals surface area contributed by atoms with E-state index in [1.807, 2.05) is 25.1 Å². The Bertz CT molecular complexity index is 731. The number of nitrogens with zero attached hydrogens (tertiary/aromatic N) is 2. The molecule has 4 nitrogen and oxygen atoms in total. The minimum atomic E-state index is -0.841. The monoisotopic (exact) mass is 268 g/mol. The number of carboxylic acid groups (broad SMARTS) is 1. The predicted molar refractivity (Wildman–Crippen MR) is 77.6 cm³/mol. The molecule has 1 saturated heterocycles. The Labute approximate surface area is 117 Å². The Balaban J connectivity index is 2.13. The van der Waals surface area contributed by atoms with Gasteiger partial charge in [-0.05, 0) is 31.9 Å². The van der Waals surface area contributed by atoms with Gasteiger partial charge in [0, 0.05) is 24.4 Å². The maximum absolute atomic E-state index is 11.8. The zero-order valence-corrected chi connectivity index (χ0v) is 11.4. The van der Waals surface area contributed by atoms with E-state index < -0.39 is 5.97 Å². The number of aryl methyl sites for hydroxylation is 1. The van der Waals surface area contributed by atoms with Crippen LogP contribution in [-0.4, -0.2) is 29.1 Å². The van der Waals surface area contributed by atoms with E-state index in [0.717, 1.165) is 53.8 Å². The highest BCUT2D eigenvalue weighted by atomic mass is 16.4. The number of aromatic nitrogens is 1. The molecular weight excluding hydrogens is 252 g/mol. The maximum atomic E-state index is 11.8. The number of piperidine rings is 1. The van der Waals surface area contributed by atoms with Gasteiger partial charge >= 0.3 is 5.97 Å². The van der Waals surface area contributed by atoms with Gasteiger partial charge in [0.1, 0.15) is 0 Å². The third kappa shape index (κ3) is 1.48. The smallest absolute Gasteiger partial charge is 0.338 e. The normalized spacial score (nSPS) is 17.6. The minimum Gasteiger partial charge on any atom is -0.478 e. The van der Waals surface area contributed by atoms with E-state index in [2.05, 4.69) is 4.90 Å². The molecule has 0 atom stereocenters. The van der Waals surface area contributed by atoms with E-state index in [9.17, 15) is 9.90 Å². The Kier molecular flexibility index (Phi) is 2.31. The van der Waals surface area contributed by atoms with Crippen LogP contribution in [0.5, 0.6) is 0 Å². The van der Waals surface area contributed by atoms with E-state index in [1.54, 1.807) is 0 Å². The number of rotatable bonds is 1. The van der Waals surface area contributed by atoms with Crippen molar-refractivity contribution in [3.05, 3.63) is 35.0 Å². The fraction of sp³-hybridized carbons (Fsp3) is 0.375. The lowest BCUT2D eigenvalue weighted by atomic mass is 9.84. The molecule has 0 spiro atoms. The van der Waals surface area contributed by atoms with Crippen LogP contribution in [0.25, 0.3) is 10.9 Å². The molecule has 1 fully saturated rings. The summed E-state index contributed by atoms with van der Waals surface area (Å²) in [5.74, 6) is -0.411. The molecule has 4 heteroatoms. The lowest BCUT2D eigenvalue weighted by molar-refractivity contribution is 0.0699. The summed E-state index contributed by atoms with van der Waals surface area (Å²) >= 11 is 0. The molecule has 20 heavy (non-hydrogen) atoms. The van der Waals surface area contributed by atoms with Crippen molar-refractivity contribution in [3.63, 3.8) is 0 Å². The first-order valence-corrected chi connectivity index (χ1v) is 7.07. The highest BCUT2D eigenvalue weighted by molar-refractivity contribution is 6.08. The average Bonchev–Trinajstić information content (AvgIpc) is 2.46. The minimum absolute atomic E-state index is 0.429. The van der Waals surface area contributed by atoms with Gasteiger partial charge < -0.3 is 10.0 Å². The third-order valence-electron chi connectivity index (χ3n) is 4.55. The molecule has 3 aliphatic rings. The standard InChI is InChI=1S/C16H16N2O2/c1-9-2-3-12-11(8-9)13(16(19)20)15-14(17-12)10-4-6-18(15)7-5-10/h2-3,8,10H,4-7H2,1H3,(H,19,20). The second-order valence-electron chi connectivity index (χ2n) is 5.81. The van der Waals surface area contributed by atoms with Crippen LogP contribution in [0.1, 0.15) is 40.4 Å². The zero-order chi connectivity index (χ0) is 13.9. The van der Waals surface area contributed by atoms with E-state index in [0.29, 0.717) is 11.5 Å². The Morgan fingerprint density at radius 3 is 2.80 bits per heavy atom. The molecule has 2 aromatic rings. The summed E-state index contributed by atoms with van der Waals surface area (Å²) < 4.78 is 0. The van der Waals surface area contributed by atoms with Gasteiger partial charge in [0.25, 0.3) is 0 Å². The molecule has 1 N–H and O–H groups in total. The Morgan fingerprint density at radius 1 is 1.35 bits per heavy atom. The number of hydrogen-bond acceptors (Lipinski definition) is 3. The van der Waals surface area contributed by atoms with E-state index in [1.165, 1.54) is 0 Å². The Morgan fingerprint density at radius 2 is 2.10 bits per heavy atom. The molecule has 0 amide bonds. The van der Waals surface area contributed by atoms with Gasteiger partial charge in [-0.25, -0.2) is 4.79 Å². The molecule has 2 bridgehead atoms. The molecule has 0 saturated carbocycles. The van der Waals surface area contributed by atoms with Crippen molar-refractivity contribution >= 4 is 22.6 Å². The molecule has 3 aliphatic heterocycles. The van der Waals surface area contributed by atoms with Gasteiger partial charge in [0.05, 0.1) is 22.5 Å². The van der Waals surface area contributed by atoms with Gasteiger partial charge in [0.15, 0.2) is 0 Å². The number of benzene rings is 1. The predicted octanol–water partition coefficient (Wildman–Crippen LogP) is 2.94. The van der Waals surface area contributed by atoms with Gasteiger partial charge in [0.2, 0.25) is 0 Å². The molecule has 102 valence electrons. The molecule has 0 radical (unpaired) electrons. The number of carboxylic acids is 1. The van der Waals surface area contributed by atoms with Crippen LogP contribution in [-0.2, 0) is 0 Å². The maximum Gasteiger partial charge on any atom is 0.338 e. The molecule has 1 aromatic carbocycles. The lowest BCUT2D eigenvalue weighted by Crippen LogP contribution is -2.40. The van der Waals surface area contributed by atoms with E-state index in [-0.39, 0.29) is 0 Å². The summed E-state index contributed by atoms with van der Waals surface area (Å²) in [5.41, 5.74) is 4.19. The van der Waals surface area contributed by atoms with Crippen LogP contribution in [0.3, 0.4) is 0 Å². The second kappa shape index (κ2) is 3.95. The molecule has 1 aromatic heterocycles. The van der Waals surface area contributed by atoms with E-state index >= 15 is 0 Å². The number of fused-ring (bicyclic) bond motifs is 3. The van der Waals surface area contributed by atoms with Gasteiger partial charge in [-0.15, -0.1) is 0 Å². The summed E-state index contributed by atoms with van der Waals surface area (Å²) in [5, 5.41) is 10.5. The topological polar surface area (TPSA) is 53.4 Å². The summed E-state index contributed by atoms with van der Waals surface area (Å²) in [4.78, 5) is 18.8. The first kappa shape index (κ1) is 11.7. The Hall–Kier alpha value is -2.10. The van der Waals surface area contributed by atoms with Crippen molar-refractivity contribution in [1.82, 2.24) is 4.98 Å². The highest BCUT2D eigenvalue weighted by Crippen LogP contribution is 2.45. The largest absolute Gasteiger partial charge is 0.478 e. The fourth-order valence-corrected chi connectivity index (χ4v) is 3.58. The van der Waals surface area contributed by atoms with Gasteiger partial charge in [-0.1, -0.05) is 11.6 Å². The third-order valence-corrected chi connectivity index (χ3v) is 4.55. The van der Waals surface area contributed by atoms with Gasteiger partial charge in [-0.3, -0.25) is 4.98 Å². The summed E-state index contributed by atoms with van der Waals surface area (Å²) in [7, 11) is 0. The summed E-state index contributed by atoms with van der Waals surface area (Å²) in [6.07, 6.45) is 2.19. The zero-order valence-electron chi connectivity index (χ0n) is 11.4. The highest BCUT2D eigenvalue weighted by Gasteiger charge is 2.36. The van der Waals surface area contributed by atoms with Crippen LogP contribution in [0.4, 0.5) is 5.69 Å². The molecule has 0 unspecified atom stereocenters. The molecule has 0 aliphatic carbocycles. The van der Waals surface area contributed by atoms with Crippen molar-refractivity contribution in [2.24, 2.45) is 0 Å². The molecule has 5 rings (SSSR count). The first-order chi connectivity index (χ1) is 9.65. The van der Waals surface area contributed by atoms with Crippen LogP contribution >= 0.6 is 0 Å². The summed E-state index contributed by atoms with van der Waals surface area (Å²) in [6, 6.07) is 5.87. The average molecular weight is 268 g/mol. The first-order valence-electron chi connectivity index (χ1n) is 7.07. The second-order valence-corrected chi connectivity index (χ2v) is 5.81. The van der Waals surface area contributed by atoms with Crippen LogP contribution in [0.15, 0.2) is 18.2 Å². The molecule has 4 heterocycles. The van der Waals surface area contributed by atoms with Crippen LogP contribution in [0.2, 0.25) is 0 Å². The van der Waals surface area contributed by atoms with Crippen molar-refractivity contribution in [1.29, 1.82) is 0 Å². The number of pyridine rings is 1. The van der Waals surface area contributed by atoms with Crippen molar-refractivity contribution in [3.8, 4) is 0 Å². The quantitative estimate of drug-likeness (QED) is 0.864.